The molecule has 0 unspecified atom stereocenters. The van der Waals surface area contributed by atoms with Crippen molar-refractivity contribution in [3.63, 3.8) is 0 Å². The molecule has 0 aliphatic carbocycles. The van der Waals surface area contributed by atoms with Crippen molar-refractivity contribution in [3.8, 4) is 18.2 Å². The Hall–Kier alpha value is -1.01. The maximum atomic E-state index is 5.36. The van der Waals surface area contributed by atoms with E-state index in [0.717, 1.165) is 10.0 Å². The van der Waals surface area contributed by atoms with Crippen LogP contribution in [0.3, 0.4) is 0 Å². The van der Waals surface area contributed by atoms with Gasteiger partial charge < -0.3 is 4.74 Å². The van der Waals surface area contributed by atoms with Crippen molar-refractivity contribution >= 4 is 15.9 Å². The SMILES string of the molecule is C#CCCOc1nccc(C)c1Br. The third kappa shape index (κ3) is 2.74. The number of halogens is 1. The zero-order chi connectivity index (χ0) is 9.68. The first-order valence-corrected chi connectivity index (χ1v) is 4.72. The molecule has 0 bridgehead atoms. The van der Waals surface area contributed by atoms with E-state index < -0.39 is 0 Å². The van der Waals surface area contributed by atoms with Crippen molar-refractivity contribution < 1.29 is 4.74 Å². The van der Waals surface area contributed by atoms with Crippen LogP contribution in [-0.4, -0.2) is 11.6 Å². The number of aromatic nitrogens is 1. The predicted molar refractivity (Wildman–Crippen MR) is 55.6 cm³/mol. The van der Waals surface area contributed by atoms with Gasteiger partial charge in [-0.3, -0.25) is 0 Å². The second-order valence-electron chi connectivity index (χ2n) is 2.55. The van der Waals surface area contributed by atoms with Gasteiger partial charge >= 0.3 is 0 Å². The van der Waals surface area contributed by atoms with Gasteiger partial charge in [-0.2, -0.15) is 0 Å². The van der Waals surface area contributed by atoms with E-state index in [1.54, 1.807) is 6.20 Å². The van der Waals surface area contributed by atoms with Crippen LogP contribution < -0.4 is 4.74 Å². The van der Waals surface area contributed by atoms with Gasteiger partial charge in [-0.15, -0.1) is 12.3 Å². The summed E-state index contributed by atoms with van der Waals surface area (Å²) >= 11 is 3.39. The lowest BCUT2D eigenvalue weighted by atomic mass is 10.3. The highest BCUT2D eigenvalue weighted by Crippen LogP contribution is 2.25. The van der Waals surface area contributed by atoms with Crippen LogP contribution in [-0.2, 0) is 0 Å². The van der Waals surface area contributed by atoms with Crippen LogP contribution in [0.1, 0.15) is 12.0 Å². The van der Waals surface area contributed by atoms with Crippen molar-refractivity contribution in [1.82, 2.24) is 4.98 Å². The van der Waals surface area contributed by atoms with E-state index in [4.69, 9.17) is 11.2 Å². The first-order chi connectivity index (χ1) is 6.25. The maximum Gasteiger partial charge on any atom is 0.228 e. The standard InChI is InChI=1S/C10H10BrNO/c1-3-4-7-13-10-9(11)8(2)5-6-12-10/h1,5-6H,4,7H2,2H3. The molecular formula is C10H10BrNO. The fraction of sp³-hybridized carbons (Fsp3) is 0.300. The molecule has 1 aromatic rings. The summed E-state index contributed by atoms with van der Waals surface area (Å²) in [6, 6.07) is 1.91. The van der Waals surface area contributed by atoms with Gasteiger partial charge in [0.1, 0.15) is 6.61 Å². The van der Waals surface area contributed by atoms with Crippen LogP contribution in [0.15, 0.2) is 16.7 Å². The monoisotopic (exact) mass is 239 g/mol. The molecule has 1 heterocycles. The predicted octanol–water partition coefficient (Wildman–Crippen LogP) is 2.55. The lowest BCUT2D eigenvalue weighted by Crippen LogP contribution is -1.99. The molecule has 13 heavy (non-hydrogen) atoms. The summed E-state index contributed by atoms with van der Waals surface area (Å²) in [6.07, 6.45) is 7.41. The minimum atomic E-state index is 0.506. The van der Waals surface area contributed by atoms with Gasteiger partial charge in [0.05, 0.1) is 4.47 Å². The summed E-state index contributed by atoms with van der Waals surface area (Å²) < 4.78 is 6.25. The Morgan fingerprint density at radius 1 is 1.69 bits per heavy atom. The Morgan fingerprint density at radius 3 is 3.15 bits per heavy atom. The molecule has 2 nitrogen and oxygen atoms in total. The minimum Gasteiger partial charge on any atom is -0.476 e. The molecule has 0 amide bonds. The topological polar surface area (TPSA) is 22.1 Å². The number of terminal acetylenes is 1. The molecule has 0 aliphatic heterocycles. The van der Waals surface area contributed by atoms with Crippen molar-refractivity contribution in [2.45, 2.75) is 13.3 Å². The second-order valence-corrected chi connectivity index (χ2v) is 3.34. The zero-order valence-electron chi connectivity index (χ0n) is 7.38. The van der Waals surface area contributed by atoms with E-state index >= 15 is 0 Å². The molecule has 3 heteroatoms. The Balaban J connectivity index is 2.67. The number of rotatable bonds is 3. The third-order valence-corrected chi connectivity index (χ3v) is 2.50. The first-order valence-electron chi connectivity index (χ1n) is 3.93. The summed E-state index contributed by atoms with van der Waals surface area (Å²) in [5.41, 5.74) is 1.10. The van der Waals surface area contributed by atoms with Crippen LogP contribution in [0, 0.1) is 19.3 Å². The van der Waals surface area contributed by atoms with E-state index in [1.165, 1.54) is 0 Å². The summed E-state index contributed by atoms with van der Waals surface area (Å²) in [7, 11) is 0. The van der Waals surface area contributed by atoms with Crippen LogP contribution in [0.4, 0.5) is 0 Å². The fourth-order valence-corrected chi connectivity index (χ4v) is 1.17. The average molecular weight is 240 g/mol. The van der Waals surface area contributed by atoms with Gasteiger partial charge in [-0.1, -0.05) is 0 Å². The van der Waals surface area contributed by atoms with E-state index in [-0.39, 0.29) is 0 Å². The molecule has 0 N–H and O–H groups in total. The molecule has 0 atom stereocenters. The minimum absolute atomic E-state index is 0.506. The molecule has 0 saturated heterocycles. The lowest BCUT2D eigenvalue weighted by molar-refractivity contribution is 0.312. The van der Waals surface area contributed by atoms with Crippen molar-refractivity contribution in [2.75, 3.05) is 6.61 Å². The van der Waals surface area contributed by atoms with Crippen LogP contribution >= 0.6 is 15.9 Å². The number of nitrogens with zero attached hydrogens (tertiary/aromatic N) is 1. The Morgan fingerprint density at radius 2 is 2.46 bits per heavy atom. The molecule has 68 valence electrons. The number of pyridine rings is 1. The number of hydrogen-bond acceptors (Lipinski definition) is 2. The van der Waals surface area contributed by atoms with Gasteiger partial charge in [-0.25, -0.2) is 4.98 Å². The van der Waals surface area contributed by atoms with Gasteiger partial charge in [0.25, 0.3) is 0 Å². The van der Waals surface area contributed by atoms with E-state index in [1.807, 2.05) is 13.0 Å². The molecule has 0 aromatic carbocycles. The van der Waals surface area contributed by atoms with E-state index in [9.17, 15) is 0 Å². The molecular weight excluding hydrogens is 230 g/mol. The maximum absolute atomic E-state index is 5.36. The molecule has 0 radical (unpaired) electrons. The second kappa shape index (κ2) is 4.88. The van der Waals surface area contributed by atoms with Gasteiger partial charge in [0, 0.05) is 12.6 Å². The van der Waals surface area contributed by atoms with Gasteiger partial charge in [0.2, 0.25) is 5.88 Å². The average Bonchev–Trinajstić information content (AvgIpc) is 2.13. The molecule has 0 aliphatic rings. The van der Waals surface area contributed by atoms with Crippen LogP contribution in [0.2, 0.25) is 0 Å². The third-order valence-electron chi connectivity index (χ3n) is 1.54. The zero-order valence-corrected chi connectivity index (χ0v) is 8.97. The summed E-state index contributed by atoms with van der Waals surface area (Å²) in [6.45, 7) is 2.49. The van der Waals surface area contributed by atoms with Gasteiger partial charge in [0.15, 0.2) is 0 Å². The first kappa shape index (κ1) is 10.1. The Bertz CT molecular complexity index is 330. The van der Waals surface area contributed by atoms with Gasteiger partial charge in [-0.05, 0) is 34.5 Å². The van der Waals surface area contributed by atoms with Crippen LogP contribution in [0.25, 0.3) is 0 Å². The normalized spacial score (nSPS) is 9.31. The highest BCUT2D eigenvalue weighted by atomic mass is 79.9. The molecule has 0 spiro atoms. The van der Waals surface area contributed by atoms with Crippen molar-refractivity contribution in [1.29, 1.82) is 0 Å². The Labute approximate surface area is 86.5 Å². The summed E-state index contributed by atoms with van der Waals surface area (Å²) in [5.74, 6) is 3.11. The summed E-state index contributed by atoms with van der Waals surface area (Å²) in [4.78, 5) is 4.07. The number of ether oxygens (including phenoxy) is 1. The van der Waals surface area contributed by atoms with Crippen molar-refractivity contribution in [2.24, 2.45) is 0 Å². The largest absolute Gasteiger partial charge is 0.476 e. The quantitative estimate of drug-likeness (QED) is 0.598. The van der Waals surface area contributed by atoms with Crippen molar-refractivity contribution in [3.05, 3.63) is 22.3 Å². The van der Waals surface area contributed by atoms with E-state index in [2.05, 4.69) is 26.8 Å². The highest BCUT2D eigenvalue weighted by Gasteiger charge is 2.03. The molecule has 0 fully saturated rings. The Kier molecular flexibility index (Phi) is 3.78. The number of aryl methyl sites for hydroxylation is 1. The molecule has 1 aromatic heterocycles. The highest BCUT2D eigenvalue weighted by molar-refractivity contribution is 9.10. The fourth-order valence-electron chi connectivity index (χ4n) is 0.823. The summed E-state index contributed by atoms with van der Waals surface area (Å²) in [5, 5.41) is 0. The van der Waals surface area contributed by atoms with E-state index in [0.29, 0.717) is 18.9 Å². The molecule has 0 saturated carbocycles. The lowest BCUT2D eigenvalue weighted by Gasteiger charge is -2.06. The number of hydrogen-bond donors (Lipinski definition) is 0. The molecule has 1 rings (SSSR count). The van der Waals surface area contributed by atoms with Crippen LogP contribution in [0.5, 0.6) is 5.88 Å². The smallest absolute Gasteiger partial charge is 0.228 e.